The van der Waals surface area contributed by atoms with Crippen LogP contribution in [0, 0.1) is 5.92 Å². The molecule has 0 unspecified atom stereocenters. The van der Waals surface area contributed by atoms with E-state index in [1.165, 1.54) is 0 Å². The van der Waals surface area contributed by atoms with Crippen LogP contribution in [0.5, 0.6) is 0 Å². The van der Waals surface area contributed by atoms with Crippen molar-refractivity contribution in [3.8, 4) is 0 Å². The van der Waals surface area contributed by atoms with Crippen molar-refractivity contribution >= 4 is 29.2 Å². The fourth-order valence-corrected chi connectivity index (χ4v) is 4.42. The number of hydrogen-bond acceptors (Lipinski definition) is 3. The summed E-state index contributed by atoms with van der Waals surface area (Å²) in [7, 11) is 0. The quantitative estimate of drug-likeness (QED) is 0.613. The van der Waals surface area contributed by atoms with Gasteiger partial charge in [0.15, 0.2) is 0 Å². The number of aromatic carboxylic acids is 1. The zero-order valence-corrected chi connectivity index (χ0v) is 19.8. The second-order valence-corrected chi connectivity index (χ2v) is 9.27. The number of fused-ring (bicyclic) bond motifs is 1. The molecule has 0 bridgehead atoms. The van der Waals surface area contributed by atoms with Gasteiger partial charge in [0.1, 0.15) is 0 Å². The summed E-state index contributed by atoms with van der Waals surface area (Å²) in [6.07, 6.45) is 5.39. The molecule has 0 atom stereocenters. The third-order valence-electron chi connectivity index (χ3n) is 5.98. The van der Waals surface area contributed by atoms with Crippen LogP contribution in [0.3, 0.4) is 0 Å². The molecule has 0 spiro atoms. The number of amides is 1. The first-order valence-electron chi connectivity index (χ1n) is 11.5. The van der Waals surface area contributed by atoms with Crippen molar-refractivity contribution in [1.82, 2.24) is 4.90 Å². The minimum atomic E-state index is -0.960. The van der Waals surface area contributed by atoms with Crippen molar-refractivity contribution in [2.45, 2.75) is 59.0 Å². The molecule has 1 amide bonds. The maximum Gasteiger partial charge on any atom is 0.335 e. The number of halogens is 1. The van der Waals surface area contributed by atoms with Crippen LogP contribution in [-0.4, -0.2) is 35.0 Å². The number of nitrogens with zero attached hydrogens (tertiary/aromatic N) is 2. The fraction of sp³-hybridized carbons (Fsp3) is 0.462. The summed E-state index contributed by atoms with van der Waals surface area (Å²) < 4.78 is 0. The van der Waals surface area contributed by atoms with Crippen molar-refractivity contribution in [1.29, 1.82) is 0 Å². The molecule has 0 aliphatic carbocycles. The summed E-state index contributed by atoms with van der Waals surface area (Å²) in [6, 6.07) is 13.0. The highest BCUT2D eigenvalue weighted by Gasteiger charge is 2.23. The number of carbonyl (C=O) groups is 2. The Labute approximate surface area is 196 Å². The van der Waals surface area contributed by atoms with Crippen LogP contribution in [0.1, 0.15) is 67.4 Å². The lowest BCUT2D eigenvalue weighted by Gasteiger charge is -2.30. The van der Waals surface area contributed by atoms with Crippen LogP contribution in [0.2, 0.25) is 5.02 Å². The summed E-state index contributed by atoms with van der Waals surface area (Å²) >= 11 is 6.43. The van der Waals surface area contributed by atoms with Gasteiger partial charge in [-0.3, -0.25) is 9.69 Å². The Morgan fingerprint density at radius 2 is 1.69 bits per heavy atom. The first-order chi connectivity index (χ1) is 15.4. The Hall–Kier alpha value is -2.37. The van der Waals surface area contributed by atoms with Crippen molar-refractivity contribution in [3.63, 3.8) is 0 Å². The molecule has 5 nitrogen and oxygen atoms in total. The van der Waals surface area contributed by atoms with Gasteiger partial charge in [-0.1, -0.05) is 62.9 Å². The Morgan fingerprint density at radius 1 is 1.00 bits per heavy atom. The van der Waals surface area contributed by atoms with E-state index in [0.29, 0.717) is 19.6 Å². The van der Waals surface area contributed by atoms with E-state index in [1.54, 1.807) is 18.2 Å². The normalized spacial score (nSPS) is 16.2. The van der Waals surface area contributed by atoms with Crippen molar-refractivity contribution in [2.75, 3.05) is 18.0 Å². The number of carbonyl (C=O) groups excluding carboxylic acids is 1. The summed E-state index contributed by atoms with van der Waals surface area (Å²) in [4.78, 5) is 29.0. The third kappa shape index (κ3) is 6.33. The number of anilines is 1. The number of carboxylic acid groups (broad SMARTS) is 1. The molecule has 0 saturated heterocycles. The molecule has 172 valence electrons. The lowest BCUT2D eigenvalue weighted by atomic mass is 10.0. The zero-order valence-electron chi connectivity index (χ0n) is 19.0. The van der Waals surface area contributed by atoms with E-state index in [2.05, 4.69) is 4.90 Å². The summed E-state index contributed by atoms with van der Waals surface area (Å²) in [5.41, 5.74) is 2.97. The standard InChI is InChI=1S/C26H33ClN2O3/c1-19(2)25(30)29-15-9-5-3-4-8-14-28(17-21-10-6-7-11-23(21)27)18-22-16-20(26(31)32)12-13-24(22)29/h6-7,10-13,16,19H,3-5,8-9,14-15,17-18H2,1-2H3,(H,31,32). The van der Waals surface area contributed by atoms with Crippen LogP contribution in [0.4, 0.5) is 5.69 Å². The molecule has 32 heavy (non-hydrogen) atoms. The molecular weight excluding hydrogens is 424 g/mol. The third-order valence-corrected chi connectivity index (χ3v) is 6.35. The molecule has 1 aliphatic rings. The Kier molecular flexibility index (Phi) is 8.71. The molecule has 0 aromatic heterocycles. The van der Waals surface area contributed by atoms with Gasteiger partial charge in [-0.05, 0) is 54.8 Å². The van der Waals surface area contributed by atoms with Gasteiger partial charge < -0.3 is 10.0 Å². The summed E-state index contributed by atoms with van der Waals surface area (Å²) in [5.74, 6) is -1.02. The van der Waals surface area contributed by atoms with Gasteiger partial charge in [0.05, 0.1) is 5.56 Å². The SMILES string of the molecule is CC(C)C(=O)N1CCCCCCCN(Cc2ccccc2Cl)Cc2cc(C(=O)O)ccc21. The molecule has 2 aromatic carbocycles. The van der Waals surface area contributed by atoms with Gasteiger partial charge in [-0.25, -0.2) is 4.79 Å². The molecule has 1 heterocycles. The monoisotopic (exact) mass is 456 g/mol. The molecule has 3 rings (SSSR count). The van der Waals surface area contributed by atoms with E-state index >= 15 is 0 Å². The van der Waals surface area contributed by atoms with Gasteiger partial charge in [0, 0.05) is 36.3 Å². The van der Waals surface area contributed by atoms with Crippen LogP contribution in [0.15, 0.2) is 42.5 Å². The zero-order chi connectivity index (χ0) is 23.1. The summed E-state index contributed by atoms with van der Waals surface area (Å²) in [5, 5.41) is 10.3. The highest BCUT2D eigenvalue weighted by Crippen LogP contribution is 2.28. The lowest BCUT2D eigenvalue weighted by Crippen LogP contribution is -2.37. The van der Waals surface area contributed by atoms with Crippen LogP contribution in [0.25, 0.3) is 0 Å². The van der Waals surface area contributed by atoms with Crippen molar-refractivity contribution in [3.05, 3.63) is 64.2 Å². The van der Waals surface area contributed by atoms with Crippen LogP contribution in [-0.2, 0) is 17.9 Å². The van der Waals surface area contributed by atoms with E-state index in [-0.39, 0.29) is 17.4 Å². The molecule has 6 heteroatoms. The average molecular weight is 457 g/mol. The maximum absolute atomic E-state index is 13.1. The topological polar surface area (TPSA) is 60.9 Å². The lowest BCUT2D eigenvalue weighted by molar-refractivity contribution is -0.121. The number of carboxylic acids is 1. The predicted molar refractivity (Wildman–Crippen MR) is 129 cm³/mol. The molecular formula is C26H33ClN2O3. The van der Waals surface area contributed by atoms with E-state index < -0.39 is 5.97 Å². The average Bonchev–Trinajstić information content (AvgIpc) is 2.76. The van der Waals surface area contributed by atoms with Gasteiger partial charge >= 0.3 is 5.97 Å². The van der Waals surface area contributed by atoms with Gasteiger partial charge in [-0.2, -0.15) is 0 Å². The van der Waals surface area contributed by atoms with E-state index in [9.17, 15) is 14.7 Å². The first-order valence-corrected chi connectivity index (χ1v) is 11.9. The van der Waals surface area contributed by atoms with E-state index in [0.717, 1.165) is 60.5 Å². The number of benzene rings is 2. The molecule has 1 aliphatic heterocycles. The predicted octanol–water partition coefficient (Wildman–Crippen LogP) is 5.99. The van der Waals surface area contributed by atoms with Crippen molar-refractivity contribution < 1.29 is 14.7 Å². The molecule has 0 saturated carbocycles. The Bertz CT molecular complexity index is 944. The van der Waals surface area contributed by atoms with Gasteiger partial charge in [0.2, 0.25) is 5.91 Å². The van der Waals surface area contributed by atoms with Gasteiger partial charge in [0.25, 0.3) is 0 Å². The molecule has 0 fully saturated rings. The highest BCUT2D eigenvalue weighted by molar-refractivity contribution is 6.31. The van der Waals surface area contributed by atoms with E-state index in [1.807, 2.05) is 43.0 Å². The second-order valence-electron chi connectivity index (χ2n) is 8.86. The second kappa shape index (κ2) is 11.5. The highest BCUT2D eigenvalue weighted by atomic mass is 35.5. The smallest absolute Gasteiger partial charge is 0.335 e. The first kappa shape index (κ1) is 24.3. The Morgan fingerprint density at radius 3 is 2.38 bits per heavy atom. The fourth-order valence-electron chi connectivity index (χ4n) is 4.23. The largest absolute Gasteiger partial charge is 0.478 e. The van der Waals surface area contributed by atoms with E-state index in [4.69, 9.17) is 11.6 Å². The van der Waals surface area contributed by atoms with Gasteiger partial charge in [-0.15, -0.1) is 0 Å². The van der Waals surface area contributed by atoms with Crippen molar-refractivity contribution in [2.24, 2.45) is 5.92 Å². The minimum absolute atomic E-state index is 0.0732. The number of hydrogen-bond donors (Lipinski definition) is 1. The maximum atomic E-state index is 13.1. The Balaban J connectivity index is 2.02. The summed E-state index contributed by atoms with van der Waals surface area (Å²) in [6.45, 7) is 6.60. The molecule has 1 N–H and O–H groups in total. The van der Waals surface area contributed by atoms with Crippen LogP contribution < -0.4 is 4.90 Å². The van der Waals surface area contributed by atoms with Crippen LogP contribution >= 0.6 is 11.6 Å². The number of rotatable bonds is 4. The molecule has 2 aromatic rings. The minimum Gasteiger partial charge on any atom is -0.478 e. The molecule has 0 radical (unpaired) electrons.